The Bertz CT molecular complexity index is 564. The quantitative estimate of drug-likeness (QED) is 0.182. The highest BCUT2D eigenvalue weighted by Gasteiger charge is 2.38. The van der Waals surface area contributed by atoms with Gasteiger partial charge in [0.2, 0.25) is 11.8 Å². The Hall–Kier alpha value is -2.36. The molecule has 0 bridgehead atoms. The number of nitrogens with zero attached hydrogens (tertiary/aromatic N) is 2. The summed E-state index contributed by atoms with van der Waals surface area (Å²) >= 11 is 0. The van der Waals surface area contributed by atoms with Gasteiger partial charge in [0.15, 0.2) is 5.96 Å². The van der Waals surface area contributed by atoms with Crippen LogP contribution >= 0.6 is 0 Å². The first-order chi connectivity index (χ1) is 12.7. The summed E-state index contributed by atoms with van der Waals surface area (Å²) in [5, 5.41) is 11.9. The second kappa shape index (κ2) is 10.7. The summed E-state index contributed by atoms with van der Waals surface area (Å²) in [6, 6.07) is -2.42. The van der Waals surface area contributed by atoms with Gasteiger partial charge in [0.05, 0.1) is 6.04 Å². The Balaban J connectivity index is 2.67. The van der Waals surface area contributed by atoms with E-state index in [1.54, 1.807) is 6.92 Å². The number of nitrogens with two attached hydrogens (primary N) is 3. The maximum Gasteiger partial charge on any atom is 0.326 e. The van der Waals surface area contributed by atoms with Crippen molar-refractivity contribution in [3.63, 3.8) is 0 Å². The minimum absolute atomic E-state index is 0.0135. The fourth-order valence-corrected chi connectivity index (χ4v) is 3.09. The van der Waals surface area contributed by atoms with Crippen molar-refractivity contribution in [1.29, 1.82) is 0 Å². The summed E-state index contributed by atoms with van der Waals surface area (Å²) in [5.41, 5.74) is 16.5. The van der Waals surface area contributed by atoms with E-state index >= 15 is 0 Å². The molecule has 0 radical (unpaired) electrons. The molecule has 10 nitrogen and oxygen atoms in total. The molecule has 4 unspecified atom stereocenters. The summed E-state index contributed by atoms with van der Waals surface area (Å²) < 4.78 is 0. The normalized spacial score (nSPS) is 19.8. The van der Waals surface area contributed by atoms with Gasteiger partial charge in [0, 0.05) is 13.1 Å². The van der Waals surface area contributed by atoms with Crippen LogP contribution in [0.2, 0.25) is 0 Å². The third-order valence-electron chi connectivity index (χ3n) is 4.90. The van der Waals surface area contributed by atoms with Crippen molar-refractivity contribution >= 4 is 23.7 Å². The van der Waals surface area contributed by atoms with Crippen molar-refractivity contribution in [3.8, 4) is 0 Å². The Morgan fingerprint density at radius 3 is 2.56 bits per heavy atom. The standard InChI is InChI=1S/C17H32N6O4/c1-3-10(2)13(16(26)27)22-14(24)12-7-5-9-23(12)15(25)11(18)6-4-8-21-17(19)20/h10-13H,3-9,18H2,1-2H3,(H,22,24)(H,26,27)(H4,19,20,21). The zero-order chi connectivity index (χ0) is 20.6. The molecule has 154 valence electrons. The third kappa shape index (κ3) is 6.70. The molecule has 1 aliphatic heterocycles. The molecule has 10 heteroatoms. The van der Waals surface area contributed by atoms with E-state index in [0.29, 0.717) is 45.2 Å². The molecule has 1 fully saturated rings. The molecule has 0 aromatic heterocycles. The molecular formula is C17H32N6O4. The largest absolute Gasteiger partial charge is 0.480 e. The molecular weight excluding hydrogens is 352 g/mol. The Morgan fingerprint density at radius 2 is 2.00 bits per heavy atom. The lowest BCUT2D eigenvalue weighted by atomic mass is 9.98. The average molecular weight is 384 g/mol. The number of carbonyl (C=O) groups is 3. The van der Waals surface area contributed by atoms with Crippen LogP contribution in [-0.4, -0.2) is 65.0 Å². The van der Waals surface area contributed by atoms with Crippen LogP contribution in [0.4, 0.5) is 0 Å². The van der Waals surface area contributed by atoms with E-state index < -0.39 is 30.0 Å². The summed E-state index contributed by atoms with van der Waals surface area (Å²) in [6.07, 6.45) is 2.72. The highest BCUT2D eigenvalue weighted by Crippen LogP contribution is 2.20. The number of carbonyl (C=O) groups excluding carboxylic acids is 2. The van der Waals surface area contributed by atoms with Crippen LogP contribution in [-0.2, 0) is 14.4 Å². The SMILES string of the molecule is CCC(C)C(NC(=O)C1CCCN1C(=O)C(N)CCCN=C(N)N)C(=O)O. The molecule has 0 aliphatic carbocycles. The zero-order valence-corrected chi connectivity index (χ0v) is 16.1. The van der Waals surface area contributed by atoms with Crippen molar-refractivity contribution in [3.05, 3.63) is 0 Å². The lowest BCUT2D eigenvalue weighted by Crippen LogP contribution is -2.55. The number of hydrogen-bond donors (Lipinski definition) is 5. The Morgan fingerprint density at radius 1 is 1.33 bits per heavy atom. The summed E-state index contributed by atoms with van der Waals surface area (Å²) in [5.74, 6) is -2.06. The van der Waals surface area contributed by atoms with E-state index in [2.05, 4.69) is 10.3 Å². The van der Waals surface area contributed by atoms with Crippen LogP contribution < -0.4 is 22.5 Å². The smallest absolute Gasteiger partial charge is 0.326 e. The van der Waals surface area contributed by atoms with Crippen LogP contribution in [0.1, 0.15) is 46.0 Å². The van der Waals surface area contributed by atoms with Gasteiger partial charge in [-0.25, -0.2) is 4.79 Å². The van der Waals surface area contributed by atoms with Crippen LogP contribution in [0.3, 0.4) is 0 Å². The van der Waals surface area contributed by atoms with Gasteiger partial charge in [-0.15, -0.1) is 0 Å². The van der Waals surface area contributed by atoms with Crippen LogP contribution in [0.25, 0.3) is 0 Å². The van der Waals surface area contributed by atoms with Gasteiger partial charge in [0.1, 0.15) is 12.1 Å². The predicted molar refractivity (Wildman–Crippen MR) is 102 cm³/mol. The maximum atomic E-state index is 12.6. The van der Waals surface area contributed by atoms with Gasteiger partial charge in [-0.05, 0) is 31.6 Å². The number of carboxylic acid groups (broad SMARTS) is 1. The molecule has 1 aliphatic rings. The topological polar surface area (TPSA) is 177 Å². The lowest BCUT2D eigenvalue weighted by molar-refractivity contribution is -0.145. The van der Waals surface area contributed by atoms with Crippen LogP contribution in [0.15, 0.2) is 4.99 Å². The second-order valence-electron chi connectivity index (χ2n) is 6.95. The second-order valence-corrected chi connectivity index (χ2v) is 6.95. The van der Waals surface area contributed by atoms with E-state index in [-0.39, 0.29) is 17.8 Å². The van der Waals surface area contributed by atoms with E-state index in [1.807, 2.05) is 6.92 Å². The summed E-state index contributed by atoms with van der Waals surface area (Å²) in [7, 11) is 0. The molecule has 0 aromatic rings. The highest BCUT2D eigenvalue weighted by molar-refractivity contribution is 5.92. The number of aliphatic carboxylic acids is 1. The molecule has 27 heavy (non-hydrogen) atoms. The average Bonchev–Trinajstić information content (AvgIpc) is 3.10. The molecule has 1 rings (SSSR count). The van der Waals surface area contributed by atoms with E-state index in [1.165, 1.54) is 4.90 Å². The molecule has 4 atom stereocenters. The molecule has 2 amide bonds. The molecule has 0 saturated carbocycles. The fourth-order valence-electron chi connectivity index (χ4n) is 3.09. The van der Waals surface area contributed by atoms with Crippen molar-refractivity contribution in [2.24, 2.45) is 28.1 Å². The Kier molecular flexibility index (Phi) is 8.99. The highest BCUT2D eigenvalue weighted by atomic mass is 16.4. The van der Waals surface area contributed by atoms with Gasteiger partial charge in [-0.1, -0.05) is 20.3 Å². The van der Waals surface area contributed by atoms with Gasteiger partial charge in [0.25, 0.3) is 0 Å². The van der Waals surface area contributed by atoms with E-state index in [4.69, 9.17) is 17.2 Å². The van der Waals surface area contributed by atoms with Crippen LogP contribution in [0, 0.1) is 5.92 Å². The molecule has 8 N–H and O–H groups in total. The van der Waals surface area contributed by atoms with E-state index in [0.717, 1.165) is 0 Å². The van der Waals surface area contributed by atoms with Gasteiger partial charge in [-0.2, -0.15) is 0 Å². The summed E-state index contributed by atoms with van der Waals surface area (Å²) in [4.78, 5) is 41.9. The number of rotatable bonds is 10. The minimum Gasteiger partial charge on any atom is -0.480 e. The fraction of sp³-hybridized carbons (Fsp3) is 0.765. The van der Waals surface area contributed by atoms with Gasteiger partial charge >= 0.3 is 5.97 Å². The van der Waals surface area contributed by atoms with Crippen LogP contribution in [0.5, 0.6) is 0 Å². The van der Waals surface area contributed by atoms with Gasteiger partial charge in [-0.3, -0.25) is 14.6 Å². The minimum atomic E-state index is -1.08. The molecule has 0 aromatic carbocycles. The Labute approximate surface area is 159 Å². The number of guanidine groups is 1. The number of likely N-dealkylation sites (tertiary alicyclic amines) is 1. The number of aliphatic imine (C=N–C) groups is 1. The monoisotopic (exact) mass is 384 g/mol. The first-order valence-corrected chi connectivity index (χ1v) is 9.33. The third-order valence-corrected chi connectivity index (χ3v) is 4.90. The predicted octanol–water partition coefficient (Wildman–Crippen LogP) is -1.03. The number of nitrogens with one attached hydrogen (secondary N) is 1. The summed E-state index contributed by atoms with van der Waals surface area (Å²) in [6.45, 7) is 4.44. The number of hydrogen-bond acceptors (Lipinski definition) is 5. The van der Waals surface area contributed by atoms with Gasteiger partial charge < -0.3 is 32.5 Å². The van der Waals surface area contributed by atoms with Crippen molar-refractivity contribution in [2.45, 2.75) is 64.1 Å². The molecule has 1 saturated heterocycles. The maximum absolute atomic E-state index is 12.6. The van der Waals surface area contributed by atoms with Crippen molar-refractivity contribution in [1.82, 2.24) is 10.2 Å². The number of carboxylic acids is 1. The number of amides is 2. The lowest BCUT2D eigenvalue weighted by Gasteiger charge is -2.28. The molecule has 1 heterocycles. The van der Waals surface area contributed by atoms with E-state index in [9.17, 15) is 19.5 Å². The first-order valence-electron chi connectivity index (χ1n) is 9.33. The van der Waals surface area contributed by atoms with Crippen molar-refractivity contribution in [2.75, 3.05) is 13.1 Å². The van der Waals surface area contributed by atoms with Crippen molar-refractivity contribution < 1.29 is 19.5 Å². The first kappa shape index (κ1) is 22.7. The molecule has 0 spiro atoms. The zero-order valence-electron chi connectivity index (χ0n) is 16.1.